The van der Waals surface area contributed by atoms with Crippen molar-refractivity contribution in [2.24, 2.45) is 0 Å². The molecule has 132 valence electrons. The maximum absolute atomic E-state index is 12.8. The molecule has 3 rings (SSSR count). The lowest BCUT2D eigenvalue weighted by Crippen LogP contribution is -2.27. The molecule has 5 heteroatoms. The zero-order valence-electron chi connectivity index (χ0n) is 15.1. The van der Waals surface area contributed by atoms with Crippen LogP contribution in [0.15, 0.2) is 71.0 Å². The molecule has 3 aromatic rings. The van der Waals surface area contributed by atoms with E-state index in [9.17, 15) is 4.79 Å². The monoisotopic (exact) mass is 363 g/mol. The van der Waals surface area contributed by atoms with E-state index < -0.39 is 0 Å². The van der Waals surface area contributed by atoms with Crippen LogP contribution in [0, 0.1) is 13.8 Å². The minimum Gasteiger partial charge on any atom is -0.345 e. The quantitative estimate of drug-likeness (QED) is 0.712. The zero-order chi connectivity index (χ0) is 18.5. The van der Waals surface area contributed by atoms with E-state index in [1.165, 1.54) is 22.9 Å². The molecule has 2 heterocycles. The summed E-state index contributed by atoms with van der Waals surface area (Å²) in [7, 11) is 0. The molecule has 1 aromatic carbocycles. The van der Waals surface area contributed by atoms with Gasteiger partial charge >= 0.3 is 0 Å². The molecule has 0 bridgehead atoms. The van der Waals surface area contributed by atoms with Gasteiger partial charge in [-0.05, 0) is 62.2 Å². The number of hydrogen-bond donors (Lipinski definition) is 1. The number of rotatable bonds is 5. The molecular formula is C21H21N3OS. The van der Waals surface area contributed by atoms with Gasteiger partial charge < -0.3 is 5.32 Å². The predicted molar refractivity (Wildman–Crippen MR) is 104 cm³/mol. The van der Waals surface area contributed by atoms with Gasteiger partial charge in [0.25, 0.3) is 5.91 Å². The highest BCUT2D eigenvalue weighted by Crippen LogP contribution is 2.31. The van der Waals surface area contributed by atoms with Gasteiger partial charge in [0, 0.05) is 23.5 Å². The Balaban J connectivity index is 1.81. The Hall–Kier alpha value is -2.66. The summed E-state index contributed by atoms with van der Waals surface area (Å²) in [6.45, 7) is 6.10. The van der Waals surface area contributed by atoms with E-state index in [0.29, 0.717) is 10.6 Å². The fourth-order valence-electron chi connectivity index (χ4n) is 2.67. The molecule has 1 N–H and O–H groups in total. The van der Waals surface area contributed by atoms with Crippen LogP contribution in [-0.4, -0.2) is 15.9 Å². The minimum atomic E-state index is -0.130. The summed E-state index contributed by atoms with van der Waals surface area (Å²) in [5.74, 6) is -0.130. The van der Waals surface area contributed by atoms with Crippen molar-refractivity contribution in [3.05, 3.63) is 83.3 Å². The lowest BCUT2D eigenvalue weighted by molar-refractivity contribution is 0.0936. The molecule has 1 unspecified atom stereocenters. The fourth-order valence-corrected chi connectivity index (χ4v) is 3.62. The summed E-state index contributed by atoms with van der Waals surface area (Å²) in [5.41, 5.74) is 3.99. The minimum absolute atomic E-state index is 0.107. The molecule has 0 radical (unpaired) electrons. The van der Waals surface area contributed by atoms with Gasteiger partial charge in [0.05, 0.1) is 11.6 Å². The summed E-state index contributed by atoms with van der Waals surface area (Å²) in [4.78, 5) is 22.3. The van der Waals surface area contributed by atoms with Crippen molar-refractivity contribution in [1.29, 1.82) is 0 Å². The second kappa shape index (κ2) is 8.15. The first-order valence-corrected chi connectivity index (χ1v) is 9.27. The van der Waals surface area contributed by atoms with Crippen molar-refractivity contribution in [1.82, 2.24) is 15.3 Å². The first-order chi connectivity index (χ1) is 12.5. The Morgan fingerprint density at radius 3 is 2.58 bits per heavy atom. The second-order valence-electron chi connectivity index (χ2n) is 6.20. The number of carbonyl (C=O) groups is 1. The van der Waals surface area contributed by atoms with Crippen molar-refractivity contribution < 1.29 is 4.79 Å². The summed E-state index contributed by atoms with van der Waals surface area (Å²) < 4.78 is 0. The number of aromatic nitrogens is 2. The van der Waals surface area contributed by atoms with Gasteiger partial charge in [0.2, 0.25) is 0 Å². The van der Waals surface area contributed by atoms with E-state index >= 15 is 0 Å². The van der Waals surface area contributed by atoms with Gasteiger partial charge in [-0.25, -0.2) is 4.98 Å². The van der Waals surface area contributed by atoms with Crippen molar-refractivity contribution in [3.8, 4) is 0 Å². The van der Waals surface area contributed by atoms with Gasteiger partial charge in [0.15, 0.2) is 0 Å². The van der Waals surface area contributed by atoms with E-state index in [-0.39, 0.29) is 11.9 Å². The molecule has 4 nitrogen and oxygen atoms in total. The number of nitrogens with one attached hydrogen (secondary N) is 1. The molecule has 0 spiro atoms. The standard InChI is InChI=1S/C21H21N3OS/c1-14-6-7-19(15(2)13-14)26-21-18(5-4-10-23-21)20(25)24-16(3)17-8-11-22-12-9-17/h4-13,16H,1-3H3,(H,24,25). The van der Waals surface area contributed by atoms with Crippen molar-refractivity contribution in [3.63, 3.8) is 0 Å². The molecule has 0 aliphatic rings. The van der Waals surface area contributed by atoms with E-state index in [2.05, 4.69) is 47.3 Å². The first-order valence-electron chi connectivity index (χ1n) is 8.45. The molecular weight excluding hydrogens is 342 g/mol. The number of carbonyl (C=O) groups excluding carboxylic acids is 1. The van der Waals surface area contributed by atoms with E-state index in [1.54, 1.807) is 24.7 Å². The first kappa shape index (κ1) is 18.1. The maximum atomic E-state index is 12.8. The largest absolute Gasteiger partial charge is 0.345 e. The lowest BCUT2D eigenvalue weighted by Gasteiger charge is -2.15. The maximum Gasteiger partial charge on any atom is 0.254 e. The van der Waals surface area contributed by atoms with E-state index in [1.807, 2.05) is 25.1 Å². The van der Waals surface area contributed by atoms with Crippen molar-refractivity contribution >= 4 is 17.7 Å². The molecule has 0 saturated heterocycles. The van der Waals surface area contributed by atoms with Gasteiger partial charge in [0.1, 0.15) is 5.03 Å². The Kier molecular flexibility index (Phi) is 5.68. The zero-order valence-corrected chi connectivity index (χ0v) is 15.9. The summed E-state index contributed by atoms with van der Waals surface area (Å²) in [6.07, 6.45) is 5.17. The third-order valence-electron chi connectivity index (χ3n) is 4.11. The normalized spacial score (nSPS) is 11.8. The van der Waals surface area contributed by atoms with Crippen LogP contribution in [0.4, 0.5) is 0 Å². The summed E-state index contributed by atoms with van der Waals surface area (Å²) in [5, 5.41) is 3.75. The third-order valence-corrected chi connectivity index (χ3v) is 5.30. The number of hydrogen-bond acceptors (Lipinski definition) is 4. The number of aryl methyl sites for hydroxylation is 2. The fraction of sp³-hybridized carbons (Fsp3) is 0.190. The van der Waals surface area contributed by atoms with Crippen LogP contribution in [0.2, 0.25) is 0 Å². The topological polar surface area (TPSA) is 54.9 Å². The molecule has 1 atom stereocenters. The SMILES string of the molecule is Cc1ccc(Sc2ncccc2C(=O)NC(C)c2ccncc2)c(C)c1. The molecule has 0 saturated carbocycles. The molecule has 2 aromatic heterocycles. The number of pyridine rings is 2. The van der Waals surface area contributed by atoms with Gasteiger partial charge in [-0.3, -0.25) is 9.78 Å². The average molecular weight is 363 g/mol. The van der Waals surface area contributed by atoms with Gasteiger partial charge in [-0.15, -0.1) is 0 Å². The molecule has 0 aliphatic carbocycles. The Labute approximate surface area is 158 Å². The molecule has 0 fully saturated rings. The third kappa shape index (κ3) is 4.29. The molecule has 26 heavy (non-hydrogen) atoms. The van der Waals surface area contributed by atoms with Crippen LogP contribution >= 0.6 is 11.8 Å². The highest BCUT2D eigenvalue weighted by atomic mass is 32.2. The highest BCUT2D eigenvalue weighted by molar-refractivity contribution is 7.99. The Morgan fingerprint density at radius 2 is 1.85 bits per heavy atom. The molecule has 0 aliphatic heterocycles. The smallest absolute Gasteiger partial charge is 0.254 e. The number of benzene rings is 1. The average Bonchev–Trinajstić information content (AvgIpc) is 2.65. The Morgan fingerprint density at radius 1 is 1.08 bits per heavy atom. The van der Waals surface area contributed by atoms with Gasteiger partial charge in [-0.2, -0.15) is 0 Å². The van der Waals surface area contributed by atoms with E-state index in [0.717, 1.165) is 10.5 Å². The lowest BCUT2D eigenvalue weighted by atomic mass is 10.1. The van der Waals surface area contributed by atoms with Crippen LogP contribution < -0.4 is 5.32 Å². The van der Waals surface area contributed by atoms with Gasteiger partial charge in [-0.1, -0.05) is 29.5 Å². The number of amides is 1. The predicted octanol–water partition coefficient (Wildman–Crippen LogP) is 4.74. The van der Waals surface area contributed by atoms with Crippen LogP contribution in [-0.2, 0) is 0 Å². The highest BCUT2D eigenvalue weighted by Gasteiger charge is 2.17. The van der Waals surface area contributed by atoms with Crippen LogP contribution in [0.5, 0.6) is 0 Å². The van der Waals surface area contributed by atoms with Crippen molar-refractivity contribution in [2.75, 3.05) is 0 Å². The van der Waals surface area contributed by atoms with Crippen molar-refractivity contribution in [2.45, 2.75) is 36.7 Å². The van der Waals surface area contributed by atoms with Crippen LogP contribution in [0.1, 0.15) is 40.0 Å². The van der Waals surface area contributed by atoms with Crippen LogP contribution in [0.3, 0.4) is 0 Å². The molecule has 1 amide bonds. The Bertz CT molecular complexity index is 912. The number of nitrogens with zero attached hydrogens (tertiary/aromatic N) is 2. The summed E-state index contributed by atoms with van der Waals surface area (Å²) in [6, 6.07) is 13.6. The summed E-state index contributed by atoms with van der Waals surface area (Å²) >= 11 is 1.52. The second-order valence-corrected chi connectivity index (χ2v) is 7.23. The van der Waals surface area contributed by atoms with Crippen LogP contribution in [0.25, 0.3) is 0 Å². The van der Waals surface area contributed by atoms with E-state index in [4.69, 9.17) is 0 Å².